The van der Waals surface area contributed by atoms with Gasteiger partial charge in [-0.15, -0.1) is 0 Å². The maximum atomic E-state index is 12.4. The molecule has 2 atom stereocenters. The predicted octanol–water partition coefficient (Wildman–Crippen LogP) is 3.53. The topological polar surface area (TPSA) is 26.3 Å². The van der Waals surface area contributed by atoms with Crippen LogP contribution in [-0.2, 0) is 10.2 Å². The molecule has 0 aromatic heterocycles. The van der Waals surface area contributed by atoms with E-state index in [1.54, 1.807) is 0 Å². The Morgan fingerprint density at radius 2 is 2.00 bits per heavy atom. The van der Waals surface area contributed by atoms with Crippen molar-refractivity contribution in [1.82, 2.24) is 0 Å². The van der Waals surface area contributed by atoms with Gasteiger partial charge in [0, 0.05) is 10.0 Å². The van der Waals surface area contributed by atoms with Crippen LogP contribution in [0.25, 0.3) is 0 Å². The van der Waals surface area contributed by atoms with Gasteiger partial charge in [0.15, 0.2) is 11.4 Å². The Labute approximate surface area is 109 Å². The van der Waals surface area contributed by atoms with E-state index in [0.717, 1.165) is 34.2 Å². The molecule has 1 saturated carbocycles. The third-order valence-electron chi connectivity index (χ3n) is 4.27. The van der Waals surface area contributed by atoms with Gasteiger partial charge >= 0.3 is 0 Å². The highest BCUT2D eigenvalue weighted by molar-refractivity contribution is 9.10. The van der Waals surface area contributed by atoms with Crippen LogP contribution in [0.4, 0.5) is 0 Å². The van der Waals surface area contributed by atoms with Crippen molar-refractivity contribution < 1.29 is 9.53 Å². The largest absolute Gasteiger partial charge is 0.479 e. The van der Waals surface area contributed by atoms with Gasteiger partial charge in [-0.2, -0.15) is 0 Å². The van der Waals surface area contributed by atoms with E-state index in [-0.39, 0.29) is 11.2 Å². The Morgan fingerprint density at radius 1 is 1.29 bits per heavy atom. The first-order chi connectivity index (χ1) is 7.87. The van der Waals surface area contributed by atoms with Crippen LogP contribution in [-0.4, -0.2) is 11.4 Å². The fraction of sp³-hybridized carbons (Fsp3) is 0.500. The Morgan fingerprint density at radius 3 is 2.71 bits per heavy atom. The summed E-state index contributed by atoms with van der Waals surface area (Å²) in [5, 5.41) is 0. The first-order valence-electron chi connectivity index (χ1n) is 5.91. The molecule has 2 nitrogen and oxygen atoms in total. The quantitative estimate of drug-likeness (QED) is 0.732. The minimum Gasteiger partial charge on any atom is -0.479 e. The fourth-order valence-electron chi connectivity index (χ4n) is 3.07. The Kier molecular flexibility index (Phi) is 2.08. The van der Waals surface area contributed by atoms with Crippen molar-refractivity contribution in [2.24, 2.45) is 0 Å². The van der Waals surface area contributed by atoms with E-state index >= 15 is 0 Å². The number of hydrogen-bond acceptors (Lipinski definition) is 2. The van der Waals surface area contributed by atoms with E-state index in [1.807, 2.05) is 32.9 Å². The molecule has 1 aromatic rings. The van der Waals surface area contributed by atoms with Crippen molar-refractivity contribution in [3.05, 3.63) is 27.7 Å². The molecule has 0 unspecified atom stereocenters. The number of ether oxygens (including phenoxy) is 1. The summed E-state index contributed by atoms with van der Waals surface area (Å²) in [5.74, 6) is 1.11. The lowest BCUT2D eigenvalue weighted by molar-refractivity contribution is -0.135. The first kappa shape index (κ1) is 11.3. The monoisotopic (exact) mass is 294 g/mol. The van der Waals surface area contributed by atoms with Crippen LogP contribution in [0.5, 0.6) is 5.75 Å². The summed E-state index contributed by atoms with van der Waals surface area (Å²) in [5.41, 5.74) is 1.21. The molecule has 1 aliphatic carbocycles. The highest BCUT2D eigenvalue weighted by Gasteiger charge is 2.58. The molecule has 0 radical (unpaired) electrons. The maximum absolute atomic E-state index is 12.4. The molecule has 2 aliphatic rings. The summed E-state index contributed by atoms with van der Waals surface area (Å²) >= 11 is 3.54. The molecule has 1 fully saturated rings. The summed E-state index contributed by atoms with van der Waals surface area (Å²) in [4.78, 5) is 12.4. The number of aryl methyl sites for hydroxylation is 1. The van der Waals surface area contributed by atoms with Crippen molar-refractivity contribution in [2.75, 3.05) is 0 Å². The van der Waals surface area contributed by atoms with Gasteiger partial charge in [-0.05, 0) is 51.3 Å². The Bertz CT molecular complexity index is 537. The van der Waals surface area contributed by atoms with Crippen LogP contribution >= 0.6 is 15.9 Å². The Hall–Kier alpha value is -0.830. The average molecular weight is 295 g/mol. The van der Waals surface area contributed by atoms with E-state index in [1.165, 1.54) is 0 Å². The number of fused-ring (bicyclic) bond motifs is 4. The predicted molar refractivity (Wildman–Crippen MR) is 69.5 cm³/mol. The number of ketones is 1. The van der Waals surface area contributed by atoms with Gasteiger partial charge in [-0.3, -0.25) is 4.79 Å². The van der Waals surface area contributed by atoms with Gasteiger partial charge in [0.1, 0.15) is 5.75 Å². The number of benzene rings is 1. The van der Waals surface area contributed by atoms with E-state index in [2.05, 4.69) is 15.9 Å². The zero-order valence-electron chi connectivity index (χ0n) is 10.3. The summed E-state index contributed by atoms with van der Waals surface area (Å²) in [7, 11) is 0. The van der Waals surface area contributed by atoms with Crippen LogP contribution in [0.2, 0.25) is 0 Å². The minimum atomic E-state index is -0.609. The molecular weight excluding hydrogens is 280 g/mol. The molecule has 0 spiro atoms. The van der Waals surface area contributed by atoms with Crippen LogP contribution in [0.1, 0.15) is 37.8 Å². The summed E-state index contributed by atoms with van der Waals surface area (Å²) in [6, 6.07) is 4.08. The molecule has 0 amide bonds. The van der Waals surface area contributed by atoms with Crippen LogP contribution in [0.3, 0.4) is 0 Å². The van der Waals surface area contributed by atoms with Gasteiger partial charge in [0.05, 0.1) is 5.41 Å². The first-order valence-corrected chi connectivity index (χ1v) is 6.71. The van der Waals surface area contributed by atoms with E-state index in [4.69, 9.17) is 4.74 Å². The molecule has 3 heteroatoms. The summed E-state index contributed by atoms with van der Waals surface area (Å²) < 4.78 is 7.00. The lowest BCUT2D eigenvalue weighted by atomic mass is 9.76. The summed E-state index contributed by atoms with van der Waals surface area (Å²) in [6.07, 6.45) is 1.69. The lowest BCUT2D eigenvalue weighted by Crippen LogP contribution is -2.47. The zero-order chi connectivity index (χ0) is 12.4. The zero-order valence-corrected chi connectivity index (χ0v) is 11.8. The minimum absolute atomic E-state index is 0.230. The SMILES string of the molecule is Cc1cc2c(cc1Br)[C@]1(C)CC[C@](C)(O2)C1=O. The molecule has 1 aromatic carbocycles. The Balaban J connectivity index is 2.28. The van der Waals surface area contributed by atoms with E-state index in [0.29, 0.717) is 0 Å². The molecule has 1 aliphatic heterocycles. The van der Waals surface area contributed by atoms with Gasteiger partial charge in [-0.1, -0.05) is 15.9 Å². The van der Waals surface area contributed by atoms with Crippen molar-refractivity contribution in [3.8, 4) is 5.75 Å². The third kappa shape index (κ3) is 1.29. The summed E-state index contributed by atoms with van der Waals surface area (Å²) in [6.45, 7) is 6.00. The van der Waals surface area contributed by atoms with Gasteiger partial charge < -0.3 is 4.74 Å². The number of carbonyl (C=O) groups is 1. The fourth-order valence-corrected chi connectivity index (χ4v) is 3.41. The number of carbonyl (C=O) groups excluding carboxylic acids is 1. The van der Waals surface area contributed by atoms with Gasteiger partial charge in [0.25, 0.3) is 0 Å². The maximum Gasteiger partial charge on any atom is 0.186 e. The number of halogens is 1. The molecule has 0 saturated heterocycles. The second-order valence-corrected chi connectivity index (χ2v) is 6.45. The molecule has 0 N–H and O–H groups in total. The number of Topliss-reactive ketones (excluding diaryl/α,β-unsaturated/α-hetero) is 1. The molecule has 1 heterocycles. The molecule has 2 bridgehead atoms. The second-order valence-electron chi connectivity index (χ2n) is 5.59. The normalized spacial score (nSPS) is 34.5. The molecule has 17 heavy (non-hydrogen) atoms. The standard InChI is InChI=1S/C14H15BrO2/c1-8-6-11-9(7-10(8)15)13(2)4-5-14(3,17-11)12(13)16/h6-7H,4-5H2,1-3H3/t13-,14-/m0/s1. The lowest BCUT2D eigenvalue weighted by Gasteiger charge is -2.36. The van der Waals surface area contributed by atoms with Crippen molar-refractivity contribution in [1.29, 1.82) is 0 Å². The molecule has 90 valence electrons. The highest BCUT2D eigenvalue weighted by Crippen LogP contribution is 2.53. The van der Waals surface area contributed by atoms with Crippen molar-refractivity contribution in [3.63, 3.8) is 0 Å². The van der Waals surface area contributed by atoms with Gasteiger partial charge in [0.2, 0.25) is 0 Å². The van der Waals surface area contributed by atoms with E-state index in [9.17, 15) is 4.79 Å². The second kappa shape index (κ2) is 3.14. The molecular formula is C14H15BrO2. The van der Waals surface area contributed by atoms with Crippen molar-refractivity contribution >= 4 is 21.7 Å². The van der Waals surface area contributed by atoms with Crippen LogP contribution in [0.15, 0.2) is 16.6 Å². The smallest absolute Gasteiger partial charge is 0.186 e. The highest BCUT2D eigenvalue weighted by atomic mass is 79.9. The van der Waals surface area contributed by atoms with Crippen LogP contribution in [0, 0.1) is 6.92 Å². The van der Waals surface area contributed by atoms with Crippen molar-refractivity contribution in [2.45, 2.75) is 44.6 Å². The van der Waals surface area contributed by atoms with Crippen LogP contribution < -0.4 is 4.74 Å². The van der Waals surface area contributed by atoms with Gasteiger partial charge in [-0.25, -0.2) is 0 Å². The third-order valence-corrected chi connectivity index (χ3v) is 5.13. The molecule has 3 rings (SSSR count). The van der Waals surface area contributed by atoms with E-state index < -0.39 is 5.60 Å². The average Bonchev–Trinajstić information content (AvgIpc) is 2.43. The number of hydrogen-bond donors (Lipinski definition) is 0. The number of rotatable bonds is 0.